The van der Waals surface area contributed by atoms with Crippen LogP contribution in [0.25, 0.3) is 0 Å². The first-order valence-corrected chi connectivity index (χ1v) is 15.2. The number of nitrogens with zero attached hydrogens (tertiary/aromatic N) is 1. The fraction of sp³-hybridized carbons (Fsp3) is 0.615. The molecule has 0 fully saturated rings. The molecule has 0 aromatic heterocycles. The summed E-state index contributed by atoms with van der Waals surface area (Å²) in [5, 5.41) is 19.1. The molecule has 0 aromatic rings. The maximum Gasteiger partial charge on any atom is 0.410 e. The maximum absolute atomic E-state index is 11.0. The van der Waals surface area contributed by atoms with Crippen LogP contribution in [0.4, 0.5) is 9.59 Å². The van der Waals surface area contributed by atoms with Crippen molar-refractivity contribution in [2.24, 2.45) is 10.9 Å². The van der Waals surface area contributed by atoms with Gasteiger partial charge in [-0.05, 0) is 52.4 Å². The Morgan fingerprint density at radius 1 is 0.735 bits per heavy atom. The number of alkyl carbamates (subject to hydrolysis) is 2. The number of hydrogen-bond acceptors (Lipinski definition) is 8. The molecular weight excluding hydrogens is 622 g/mol. The quantitative estimate of drug-likeness (QED) is 0.0609. The number of isocyanates is 1. The number of amides is 2. The van der Waals surface area contributed by atoms with Crippen LogP contribution < -0.4 is 10.6 Å². The molecule has 0 aromatic carbocycles. The smallest absolute Gasteiger partial charge is 0.410 e. The maximum atomic E-state index is 11.0. The second kappa shape index (κ2) is 66.6. The molecule has 10 nitrogen and oxygen atoms in total. The summed E-state index contributed by atoms with van der Waals surface area (Å²) in [6.45, 7) is 32.4. The van der Waals surface area contributed by atoms with E-state index >= 15 is 0 Å². The van der Waals surface area contributed by atoms with E-state index in [-0.39, 0.29) is 29.7 Å². The van der Waals surface area contributed by atoms with E-state index in [9.17, 15) is 14.4 Å². The summed E-state index contributed by atoms with van der Waals surface area (Å²) >= 11 is 0. The molecule has 0 rings (SSSR count). The fourth-order valence-corrected chi connectivity index (χ4v) is 1.69. The SMILES string of the molecule is C.C.C.C.C=C(C)CN=C=O.C=C(C)CNC(=O)OCOC(=O)NCC(=C)C.C=CC(C)CC.CC/C=C/CC.CC/C=C\CC.OCO. The van der Waals surface area contributed by atoms with E-state index < -0.39 is 25.8 Å². The number of nitrogens with one attached hydrogen (secondary N) is 2. The Balaban J connectivity index is -0.0000000505. The van der Waals surface area contributed by atoms with Gasteiger partial charge in [-0.15, -0.1) is 6.58 Å². The van der Waals surface area contributed by atoms with E-state index in [4.69, 9.17) is 10.2 Å². The van der Waals surface area contributed by atoms with Gasteiger partial charge in [0.1, 0.15) is 6.79 Å². The summed E-state index contributed by atoms with van der Waals surface area (Å²) in [5.41, 5.74) is 2.47. The van der Waals surface area contributed by atoms with Crippen molar-refractivity contribution in [3.05, 3.63) is 73.4 Å². The second-order valence-electron chi connectivity index (χ2n) is 9.31. The Kier molecular flexibility index (Phi) is 97.0. The third-order valence-electron chi connectivity index (χ3n) is 4.19. The van der Waals surface area contributed by atoms with Crippen LogP contribution in [0.1, 0.15) is 124 Å². The number of rotatable bonds is 14. The fourth-order valence-electron chi connectivity index (χ4n) is 1.69. The van der Waals surface area contributed by atoms with Crippen LogP contribution >= 0.6 is 0 Å². The minimum absolute atomic E-state index is 0. The molecule has 49 heavy (non-hydrogen) atoms. The first kappa shape index (κ1) is 71.3. The summed E-state index contributed by atoms with van der Waals surface area (Å²) in [6, 6.07) is 0. The van der Waals surface area contributed by atoms with E-state index in [1.54, 1.807) is 20.8 Å². The van der Waals surface area contributed by atoms with Crippen molar-refractivity contribution in [1.82, 2.24) is 10.6 Å². The van der Waals surface area contributed by atoms with Gasteiger partial charge in [-0.25, -0.2) is 19.4 Å². The number of hydrogen-bond donors (Lipinski definition) is 4. The van der Waals surface area contributed by atoms with Gasteiger partial charge in [0.05, 0.1) is 6.54 Å². The normalized spacial score (nSPS) is 8.71. The van der Waals surface area contributed by atoms with Crippen LogP contribution in [-0.2, 0) is 14.3 Å². The van der Waals surface area contributed by atoms with Crippen LogP contribution in [-0.4, -0.2) is 61.7 Å². The zero-order valence-electron chi connectivity index (χ0n) is 29.7. The highest BCUT2D eigenvalue weighted by molar-refractivity contribution is 5.69. The number of aliphatic hydroxyl groups excluding tert-OH is 1. The van der Waals surface area contributed by atoms with E-state index in [2.05, 4.69) is 117 Å². The Morgan fingerprint density at radius 2 is 1.04 bits per heavy atom. The van der Waals surface area contributed by atoms with Crippen LogP contribution in [0.5, 0.6) is 0 Å². The third kappa shape index (κ3) is 115. The zero-order valence-corrected chi connectivity index (χ0v) is 29.7. The minimum Gasteiger partial charge on any atom is -0.412 e. The van der Waals surface area contributed by atoms with Crippen molar-refractivity contribution in [2.45, 2.75) is 124 Å². The van der Waals surface area contributed by atoms with Gasteiger partial charge < -0.3 is 30.3 Å². The first-order chi connectivity index (χ1) is 21.2. The molecule has 0 spiro atoms. The molecule has 1 atom stereocenters. The van der Waals surface area contributed by atoms with Crippen LogP contribution in [0.3, 0.4) is 0 Å². The number of allylic oxidation sites excluding steroid dienone is 5. The Bertz CT molecular complexity index is 776. The number of aliphatic imine (C=N–C) groups is 1. The second-order valence-corrected chi connectivity index (χ2v) is 9.31. The topological polar surface area (TPSA) is 147 Å². The summed E-state index contributed by atoms with van der Waals surface area (Å²) < 4.78 is 9.15. The molecule has 1 unspecified atom stereocenters. The minimum atomic E-state index is -0.750. The Hall–Kier alpha value is -3.72. The molecule has 0 bridgehead atoms. The van der Waals surface area contributed by atoms with E-state index in [1.165, 1.54) is 38.2 Å². The molecule has 0 radical (unpaired) electrons. The molecule has 10 heteroatoms. The molecule has 0 saturated carbocycles. The van der Waals surface area contributed by atoms with Crippen molar-refractivity contribution in [3.8, 4) is 0 Å². The van der Waals surface area contributed by atoms with Gasteiger partial charge >= 0.3 is 12.2 Å². The first-order valence-electron chi connectivity index (χ1n) is 15.2. The Labute approximate surface area is 304 Å². The van der Waals surface area contributed by atoms with Gasteiger partial charge in [-0.3, -0.25) is 0 Å². The highest BCUT2D eigenvalue weighted by atomic mass is 16.7. The molecule has 0 aliphatic carbocycles. The number of ether oxygens (including phenoxy) is 2. The third-order valence-corrected chi connectivity index (χ3v) is 4.19. The van der Waals surface area contributed by atoms with Gasteiger partial charge in [0.2, 0.25) is 12.9 Å². The summed E-state index contributed by atoms with van der Waals surface area (Å²) in [6.07, 6.45) is 16.7. The van der Waals surface area contributed by atoms with Crippen molar-refractivity contribution in [1.29, 1.82) is 0 Å². The molecule has 0 heterocycles. The molecular formula is C39H81N3O7. The average Bonchev–Trinajstić information content (AvgIpc) is 3.00. The van der Waals surface area contributed by atoms with E-state index in [0.29, 0.717) is 25.6 Å². The lowest BCUT2D eigenvalue weighted by atomic mass is 10.1. The lowest BCUT2D eigenvalue weighted by Crippen LogP contribution is -2.30. The molecule has 0 aliphatic rings. The van der Waals surface area contributed by atoms with Crippen LogP contribution in [0, 0.1) is 5.92 Å². The predicted octanol–water partition coefficient (Wildman–Crippen LogP) is 10.9. The number of aliphatic hydroxyl groups is 2. The highest BCUT2D eigenvalue weighted by Gasteiger charge is 2.04. The standard InChI is InChI=1S/C11H18N2O4.3C6H12.C5H7NO.CH4O2.4CH4/c1-8(2)5-12-10(14)16-7-17-11(15)13-6-9(3)4;1-4-6(3)5-2;2*1-3-5-6-4-2;1-5(2)3-6-4-7;2-1-3;;;;/h1,3,5-7H2,2,4H3,(H,12,14)(H,13,15);4,6H,1,5H2,2-3H3;2*5-6H,3-4H2,1-2H3;1,3H2,2H3;2-3H,1H2;4*1H4/b;;6-5+;6-5-;;;;;;. The lowest BCUT2D eigenvalue weighted by Gasteiger charge is -2.08. The van der Waals surface area contributed by atoms with Gasteiger partial charge in [-0.1, -0.05) is 145 Å². The number of carbonyl (C=O) groups excluding carboxylic acids is 3. The molecule has 4 N–H and O–H groups in total. The molecule has 294 valence electrons. The average molecular weight is 704 g/mol. The highest BCUT2D eigenvalue weighted by Crippen LogP contribution is 1.98. The monoisotopic (exact) mass is 704 g/mol. The van der Waals surface area contributed by atoms with Crippen molar-refractivity contribution < 1.29 is 34.1 Å². The van der Waals surface area contributed by atoms with Crippen molar-refractivity contribution in [2.75, 3.05) is 33.2 Å². The summed E-state index contributed by atoms with van der Waals surface area (Å²) in [7, 11) is 0. The van der Waals surface area contributed by atoms with Gasteiger partial charge in [0.15, 0.2) is 0 Å². The van der Waals surface area contributed by atoms with Crippen molar-refractivity contribution >= 4 is 18.3 Å². The van der Waals surface area contributed by atoms with Gasteiger partial charge in [0, 0.05) is 13.1 Å². The van der Waals surface area contributed by atoms with E-state index in [0.717, 1.165) is 16.7 Å². The van der Waals surface area contributed by atoms with Crippen molar-refractivity contribution in [3.63, 3.8) is 0 Å². The van der Waals surface area contributed by atoms with Crippen LogP contribution in [0.2, 0.25) is 0 Å². The van der Waals surface area contributed by atoms with Gasteiger partial charge in [-0.2, -0.15) is 0 Å². The zero-order chi connectivity index (χ0) is 36.3. The summed E-state index contributed by atoms with van der Waals surface area (Å²) in [5.74, 6) is 0.699. The predicted molar refractivity (Wildman–Crippen MR) is 217 cm³/mol. The van der Waals surface area contributed by atoms with E-state index in [1.807, 2.05) is 6.08 Å². The molecule has 0 aliphatic heterocycles. The van der Waals surface area contributed by atoms with Crippen LogP contribution in [0.15, 0.2) is 78.4 Å². The Morgan fingerprint density at radius 3 is 1.18 bits per heavy atom. The summed E-state index contributed by atoms with van der Waals surface area (Å²) in [4.78, 5) is 34.6. The molecule has 0 saturated heterocycles. The largest absolute Gasteiger partial charge is 0.412 e. The number of carbonyl (C=O) groups is 2. The molecule has 2 amide bonds. The van der Waals surface area contributed by atoms with Gasteiger partial charge in [0.25, 0.3) is 0 Å². The lowest BCUT2D eigenvalue weighted by molar-refractivity contribution is 0.0250.